The number of amides is 1. The van der Waals surface area contributed by atoms with Crippen molar-refractivity contribution in [1.82, 2.24) is 14.8 Å². The highest BCUT2D eigenvalue weighted by molar-refractivity contribution is 7.12. The van der Waals surface area contributed by atoms with Gasteiger partial charge >= 0.3 is 0 Å². The number of carbonyl (C=O) groups is 1. The molecule has 178 valence electrons. The van der Waals surface area contributed by atoms with E-state index >= 15 is 0 Å². The highest BCUT2D eigenvalue weighted by Gasteiger charge is 2.35. The number of hydrogen-bond donors (Lipinski definition) is 1. The zero-order valence-corrected chi connectivity index (χ0v) is 21.3. The Bertz CT molecular complexity index is 1110. The Labute approximate surface area is 201 Å². The van der Waals surface area contributed by atoms with Crippen LogP contribution in [0.1, 0.15) is 87.4 Å². The number of thiophene rings is 1. The fourth-order valence-corrected chi connectivity index (χ4v) is 7.72. The summed E-state index contributed by atoms with van der Waals surface area (Å²) in [6, 6.07) is 2.80. The van der Waals surface area contributed by atoms with Crippen molar-refractivity contribution in [3.63, 3.8) is 0 Å². The molecule has 2 fully saturated rings. The van der Waals surface area contributed by atoms with Crippen molar-refractivity contribution in [1.29, 1.82) is 0 Å². The van der Waals surface area contributed by atoms with Crippen molar-refractivity contribution in [2.75, 3.05) is 19.6 Å². The molecule has 6 heteroatoms. The summed E-state index contributed by atoms with van der Waals surface area (Å²) in [5, 5.41) is 0. The van der Waals surface area contributed by atoms with E-state index in [4.69, 9.17) is 0 Å². The maximum Gasteiger partial charge on any atom is 0.255 e. The number of rotatable bonds is 5. The molecule has 33 heavy (non-hydrogen) atoms. The second-order valence-corrected chi connectivity index (χ2v) is 11.7. The van der Waals surface area contributed by atoms with Gasteiger partial charge in [-0.2, -0.15) is 0 Å². The van der Waals surface area contributed by atoms with Crippen molar-refractivity contribution in [2.45, 2.75) is 84.7 Å². The van der Waals surface area contributed by atoms with E-state index in [-0.39, 0.29) is 11.5 Å². The van der Waals surface area contributed by atoms with Crippen LogP contribution in [0.25, 0.3) is 0 Å². The van der Waals surface area contributed by atoms with Gasteiger partial charge < -0.3 is 14.8 Å². The van der Waals surface area contributed by atoms with Crippen LogP contribution in [-0.4, -0.2) is 46.4 Å². The number of nitrogens with one attached hydrogen (secondary N) is 1. The summed E-state index contributed by atoms with van der Waals surface area (Å²) in [6.07, 6.45) is 7.54. The lowest BCUT2D eigenvalue weighted by Gasteiger charge is -2.43. The molecule has 0 aromatic carbocycles. The van der Waals surface area contributed by atoms with E-state index < -0.39 is 0 Å². The minimum atomic E-state index is -0.0729. The number of likely N-dealkylation sites (tertiary alicyclic amines) is 1. The van der Waals surface area contributed by atoms with Crippen LogP contribution in [0.5, 0.6) is 0 Å². The Hall–Kier alpha value is -1.92. The SMILES string of the molecule is Cc1cc(C)c(CN2CCc3sc([C@H](C)C4CCC(N5CCC5)CC4)c(C)c3C2=O)c(=O)[nH]1. The second-order valence-electron chi connectivity index (χ2n) is 10.6. The molecule has 1 saturated carbocycles. The Morgan fingerprint density at radius 2 is 1.82 bits per heavy atom. The molecule has 3 aliphatic rings. The Balaban J connectivity index is 1.31. The smallest absolute Gasteiger partial charge is 0.255 e. The first-order valence-corrected chi connectivity index (χ1v) is 13.5. The number of aromatic amines is 1. The van der Waals surface area contributed by atoms with Gasteiger partial charge in [-0.15, -0.1) is 11.3 Å². The predicted octanol–water partition coefficient (Wildman–Crippen LogP) is 4.93. The third-order valence-electron chi connectivity index (χ3n) is 8.48. The standard InChI is InChI=1S/C27H37N3O2S/c1-16-14-17(2)28-26(31)22(16)15-30-13-10-23-24(27(30)32)19(4)25(33-23)18(3)20-6-8-21(9-7-20)29-11-5-12-29/h14,18,20-21H,5-13,15H2,1-4H3,(H,28,31)/t18-,20?,21?/m1/s1. The average molecular weight is 468 g/mol. The first kappa shape index (κ1) is 22.9. The third kappa shape index (κ3) is 4.21. The van der Waals surface area contributed by atoms with E-state index in [1.165, 1.54) is 60.5 Å². The fraction of sp³-hybridized carbons (Fsp3) is 0.630. The van der Waals surface area contributed by atoms with Gasteiger partial charge in [0.1, 0.15) is 0 Å². The summed E-state index contributed by atoms with van der Waals surface area (Å²) in [7, 11) is 0. The lowest BCUT2D eigenvalue weighted by molar-refractivity contribution is 0.0727. The van der Waals surface area contributed by atoms with Crippen molar-refractivity contribution in [3.05, 3.63) is 54.1 Å². The van der Waals surface area contributed by atoms with Gasteiger partial charge in [-0.25, -0.2) is 0 Å². The van der Waals surface area contributed by atoms with Gasteiger partial charge in [-0.05, 0) is 95.0 Å². The second kappa shape index (κ2) is 9.03. The molecule has 0 spiro atoms. The van der Waals surface area contributed by atoms with E-state index in [9.17, 15) is 9.59 Å². The first-order chi connectivity index (χ1) is 15.8. The normalized spacial score (nSPS) is 24.5. The molecule has 4 heterocycles. The first-order valence-electron chi connectivity index (χ1n) is 12.7. The van der Waals surface area contributed by atoms with Gasteiger partial charge in [0.05, 0.1) is 12.1 Å². The maximum atomic E-state index is 13.5. The number of fused-ring (bicyclic) bond motifs is 1. The molecule has 0 radical (unpaired) electrons. The van der Waals surface area contributed by atoms with Crippen molar-refractivity contribution in [2.24, 2.45) is 5.92 Å². The lowest BCUT2D eigenvalue weighted by Crippen LogP contribution is -2.46. The minimum absolute atomic E-state index is 0.0729. The molecular weight excluding hydrogens is 430 g/mol. The van der Waals surface area contributed by atoms with E-state index in [1.807, 2.05) is 36.2 Å². The maximum absolute atomic E-state index is 13.5. The van der Waals surface area contributed by atoms with Crippen molar-refractivity contribution < 1.29 is 4.79 Å². The molecule has 1 atom stereocenters. The van der Waals surface area contributed by atoms with E-state index in [1.54, 1.807) is 0 Å². The molecule has 5 nitrogen and oxygen atoms in total. The molecule has 0 bridgehead atoms. The number of hydrogen-bond acceptors (Lipinski definition) is 4. The van der Waals surface area contributed by atoms with E-state index in [2.05, 4.69) is 23.7 Å². The number of pyridine rings is 1. The summed E-state index contributed by atoms with van der Waals surface area (Å²) in [4.78, 5) is 36.1. The summed E-state index contributed by atoms with van der Waals surface area (Å²) < 4.78 is 0. The molecule has 5 rings (SSSR count). The number of carbonyl (C=O) groups excluding carboxylic acids is 1. The van der Waals surface area contributed by atoms with Gasteiger partial charge in [0, 0.05) is 40.0 Å². The Kier molecular flexibility index (Phi) is 6.25. The number of aromatic nitrogens is 1. The molecule has 2 aromatic rings. The van der Waals surface area contributed by atoms with Crippen molar-refractivity contribution >= 4 is 17.2 Å². The van der Waals surface area contributed by atoms with Crippen LogP contribution in [0.2, 0.25) is 0 Å². The van der Waals surface area contributed by atoms with Crippen LogP contribution in [0.3, 0.4) is 0 Å². The van der Waals surface area contributed by atoms with Gasteiger partial charge in [-0.1, -0.05) is 6.92 Å². The van der Waals surface area contributed by atoms with Crippen LogP contribution in [0.15, 0.2) is 10.9 Å². The predicted molar refractivity (Wildman–Crippen MR) is 134 cm³/mol. The van der Waals surface area contributed by atoms with Crippen LogP contribution >= 0.6 is 11.3 Å². The van der Waals surface area contributed by atoms with Crippen LogP contribution in [-0.2, 0) is 13.0 Å². The summed E-state index contributed by atoms with van der Waals surface area (Å²) in [6.45, 7) is 12.1. The summed E-state index contributed by atoms with van der Waals surface area (Å²) in [5.41, 5.74) is 4.56. The van der Waals surface area contributed by atoms with Gasteiger partial charge in [-0.3, -0.25) is 9.59 Å². The quantitative estimate of drug-likeness (QED) is 0.678. The third-order valence-corrected chi connectivity index (χ3v) is 10.0. The number of aryl methyl sites for hydroxylation is 2. The molecule has 2 aliphatic heterocycles. The van der Waals surface area contributed by atoms with Crippen molar-refractivity contribution in [3.8, 4) is 0 Å². The van der Waals surface area contributed by atoms with Gasteiger partial charge in [0.2, 0.25) is 0 Å². The molecule has 1 aliphatic carbocycles. The highest BCUT2D eigenvalue weighted by atomic mass is 32.1. The zero-order chi connectivity index (χ0) is 23.3. The average Bonchev–Trinajstić information content (AvgIpc) is 3.08. The van der Waals surface area contributed by atoms with Gasteiger partial charge in [0.25, 0.3) is 11.5 Å². The van der Waals surface area contributed by atoms with E-state index in [0.717, 1.165) is 35.2 Å². The Morgan fingerprint density at radius 3 is 2.45 bits per heavy atom. The van der Waals surface area contributed by atoms with Crippen LogP contribution in [0, 0.1) is 26.7 Å². The molecule has 2 aromatic heterocycles. The molecule has 1 amide bonds. The zero-order valence-electron chi connectivity index (χ0n) is 20.5. The summed E-state index contributed by atoms with van der Waals surface area (Å²) >= 11 is 1.88. The Morgan fingerprint density at radius 1 is 1.09 bits per heavy atom. The lowest BCUT2D eigenvalue weighted by atomic mass is 9.77. The highest BCUT2D eigenvalue weighted by Crippen LogP contribution is 2.44. The molecule has 1 N–H and O–H groups in total. The largest absolute Gasteiger partial charge is 0.334 e. The van der Waals surface area contributed by atoms with Crippen LogP contribution < -0.4 is 5.56 Å². The topological polar surface area (TPSA) is 56.4 Å². The summed E-state index contributed by atoms with van der Waals surface area (Å²) in [5.74, 6) is 1.34. The molecular formula is C27H37N3O2S. The molecule has 1 saturated heterocycles. The monoisotopic (exact) mass is 467 g/mol. The van der Waals surface area contributed by atoms with Gasteiger partial charge in [0.15, 0.2) is 0 Å². The fourth-order valence-electron chi connectivity index (χ4n) is 6.29. The number of H-pyrrole nitrogens is 1. The molecule has 0 unspecified atom stereocenters. The number of nitrogens with zero attached hydrogens (tertiary/aromatic N) is 2. The van der Waals surface area contributed by atoms with Crippen LogP contribution in [0.4, 0.5) is 0 Å². The minimum Gasteiger partial charge on any atom is -0.334 e. The van der Waals surface area contributed by atoms with E-state index in [0.29, 0.717) is 24.6 Å².